The van der Waals surface area contributed by atoms with Gasteiger partial charge in [0, 0.05) is 16.1 Å². The van der Waals surface area contributed by atoms with Crippen LogP contribution in [0.3, 0.4) is 0 Å². The Kier molecular flexibility index (Phi) is 4.97. The second-order valence-electron chi connectivity index (χ2n) is 6.66. The predicted octanol–water partition coefficient (Wildman–Crippen LogP) is 6.07. The first-order valence-corrected chi connectivity index (χ1v) is 11.9. The number of halogens is 1. The fourth-order valence-electron chi connectivity index (χ4n) is 3.04. The number of hydrogen-bond acceptors (Lipinski definition) is 6. The van der Waals surface area contributed by atoms with E-state index in [-0.39, 0.29) is 10.0 Å². The van der Waals surface area contributed by atoms with Gasteiger partial charge in [-0.2, -0.15) is 0 Å². The average molecular weight is 468 g/mol. The molecule has 0 amide bonds. The Bertz CT molecular complexity index is 1480. The first-order chi connectivity index (χ1) is 15.0. The summed E-state index contributed by atoms with van der Waals surface area (Å²) in [6.07, 6.45) is 1.65. The number of anilines is 1. The summed E-state index contributed by atoms with van der Waals surface area (Å²) < 4.78 is 34.7. The third kappa shape index (κ3) is 4.05. The zero-order chi connectivity index (χ0) is 21.4. The van der Waals surface area contributed by atoms with Crippen molar-refractivity contribution in [3.63, 3.8) is 0 Å². The summed E-state index contributed by atoms with van der Waals surface area (Å²) in [4.78, 5) is 8.72. The van der Waals surface area contributed by atoms with Crippen LogP contribution >= 0.6 is 22.9 Å². The molecule has 0 fully saturated rings. The summed E-state index contributed by atoms with van der Waals surface area (Å²) in [6.45, 7) is 0. The van der Waals surface area contributed by atoms with Gasteiger partial charge in [0.15, 0.2) is 10.9 Å². The van der Waals surface area contributed by atoms with Crippen molar-refractivity contribution < 1.29 is 12.8 Å². The number of fused-ring (bicyclic) bond motifs is 1. The van der Waals surface area contributed by atoms with Crippen molar-refractivity contribution >= 4 is 48.3 Å². The number of sulfonamides is 1. The number of rotatable bonds is 5. The Balaban J connectivity index is 1.38. The van der Waals surface area contributed by atoms with E-state index in [1.54, 1.807) is 30.5 Å². The molecule has 0 saturated heterocycles. The third-order valence-electron chi connectivity index (χ3n) is 4.55. The number of aromatic nitrogens is 2. The molecule has 0 bridgehead atoms. The van der Waals surface area contributed by atoms with Gasteiger partial charge in [-0.25, -0.2) is 18.4 Å². The molecule has 9 heteroatoms. The maximum Gasteiger partial charge on any atom is 0.263 e. The summed E-state index contributed by atoms with van der Waals surface area (Å²) >= 11 is 7.21. The van der Waals surface area contributed by atoms with Gasteiger partial charge in [0.1, 0.15) is 0 Å². The van der Waals surface area contributed by atoms with Crippen molar-refractivity contribution in [3.05, 3.63) is 84.0 Å². The van der Waals surface area contributed by atoms with E-state index in [0.717, 1.165) is 10.3 Å². The second kappa shape index (κ2) is 7.81. The summed E-state index contributed by atoms with van der Waals surface area (Å²) in [6, 6.07) is 21.2. The summed E-state index contributed by atoms with van der Waals surface area (Å²) in [7, 11) is -3.79. The van der Waals surface area contributed by atoms with Crippen LogP contribution in [0.4, 0.5) is 5.13 Å². The van der Waals surface area contributed by atoms with Crippen LogP contribution in [0.1, 0.15) is 0 Å². The maximum absolute atomic E-state index is 12.8. The molecule has 31 heavy (non-hydrogen) atoms. The molecular weight excluding hydrogens is 454 g/mol. The minimum atomic E-state index is -3.79. The van der Waals surface area contributed by atoms with Gasteiger partial charge in [-0.05, 0) is 42.5 Å². The molecule has 0 saturated carbocycles. The topological polar surface area (TPSA) is 85.1 Å². The zero-order valence-electron chi connectivity index (χ0n) is 15.8. The number of thiazole rings is 1. The molecule has 0 aliphatic carbocycles. The van der Waals surface area contributed by atoms with Crippen LogP contribution in [0.2, 0.25) is 5.02 Å². The number of hydrogen-bond donors (Lipinski definition) is 1. The summed E-state index contributed by atoms with van der Waals surface area (Å²) in [5.74, 6) is 1.06. The molecule has 0 unspecified atom stereocenters. The van der Waals surface area contributed by atoms with Crippen molar-refractivity contribution in [2.75, 3.05) is 4.72 Å². The van der Waals surface area contributed by atoms with Crippen LogP contribution in [-0.2, 0) is 10.0 Å². The number of oxazole rings is 1. The Hall–Kier alpha value is -3.20. The van der Waals surface area contributed by atoms with Gasteiger partial charge < -0.3 is 4.42 Å². The van der Waals surface area contributed by atoms with E-state index in [4.69, 9.17) is 16.0 Å². The Morgan fingerprint density at radius 2 is 1.71 bits per heavy atom. The van der Waals surface area contributed by atoms with Gasteiger partial charge in [-0.15, -0.1) is 0 Å². The quantitative estimate of drug-likeness (QED) is 0.339. The molecule has 1 N–H and O–H groups in total. The Morgan fingerprint density at radius 3 is 2.48 bits per heavy atom. The highest BCUT2D eigenvalue weighted by Crippen LogP contribution is 2.30. The molecule has 6 nitrogen and oxygen atoms in total. The molecule has 2 heterocycles. The average Bonchev–Trinajstić information content (AvgIpc) is 3.41. The third-order valence-corrected chi connectivity index (χ3v) is 7.22. The van der Waals surface area contributed by atoms with Gasteiger partial charge in [-0.1, -0.05) is 53.3 Å². The van der Waals surface area contributed by atoms with Crippen molar-refractivity contribution in [3.8, 4) is 22.8 Å². The lowest BCUT2D eigenvalue weighted by molar-refractivity contribution is 0.588. The van der Waals surface area contributed by atoms with Gasteiger partial charge in [0.25, 0.3) is 10.0 Å². The molecule has 3 aromatic carbocycles. The Morgan fingerprint density at radius 1 is 0.935 bits per heavy atom. The molecule has 2 aromatic heterocycles. The van der Waals surface area contributed by atoms with E-state index in [1.165, 1.54) is 23.5 Å². The first kappa shape index (κ1) is 19.7. The molecule has 0 atom stereocenters. The monoisotopic (exact) mass is 467 g/mol. The van der Waals surface area contributed by atoms with E-state index >= 15 is 0 Å². The normalized spacial score (nSPS) is 11.6. The lowest BCUT2D eigenvalue weighted by Crippen LogP contribution is -2.12. The van der Waals surface area contributed by atoms with Crippen LogP contribution in [0.15, 0.2) is 88.3 Å². The number of nitrogens with one attached hydrogen (secondary N) is 1. The SMILES string of the molecule is O=S(=O)(Nc1nc2cc(Cl)ccc2s1)c1ccc(-c2ncc(-c3ccccc3)o2)cc1. The molecule has 154 valence electrons. The van der Waals surface area contributed by atoms with E-state index in [0.29, 0.717) is 27.8 Å². The largest absolute Gasteiger partial charge is 0.436 e. The molecule has 0 radical (unpaired) electrons. The van der Waals surface area contributed by atoms with Crippen molar-refractivity contribution in [2.24, 2.45) is 0 Å². The van der Waals surface area contributed by atoms with Crippen LogP contribution < -0.4 is 4.72 Å². The van der Waals surface area contributed by atoms with Crippen molar-refractivity contribution in [1.29, 1.82) is 0 Å². The maximum atomic E-state index is 12.8. The minimum Gasteiger partial charge on any atom is -0.436 e. The van der Waals surface area contributed by atoms with Gasteiger partial charge in [0.2, 0.25) is 5.89 Å². The molecule has 0 aliphatic rings. The molecule has 5 aromatic rings. The van der Waals surface area contributed by atoms with E-state index in [1.807, 2.05) is 36.4 Å². The van der Waals surface area contributed by atoms with Crippen LogP contribution in [-0.4, -0.2) is 18.4 Å². The number of nitrogens with zero attached hydrogens (tertiary/aromatic N) is 2. The lowest BCUT2D eigenvalue weighted by atomic mass is 10.2. The highest BCUT2D eigenvalue weighted by molar-refractivity contribution is 7.93. The highest BCUT2D eigenvalue weighted by Gasteiger charge is 2.18. The molecule has 5 rings (SSSR count). The smallest absolute Gasteiger partial charge is 0.263 e. The standard InChI is InChI=1S/C22H14ClN3O3S2/c23-16-8-11-20-18(12-16)25-22(30-20)26-31(27,28)17-9-6-15(7-10-17)21-24-13-19(29-21)14-4-2-1-3-5-14/h1-13H,(H,25,26). The van der Waals surface area contributed by atoms with Crippen LogP contribution in [0.25, 0.3) is 33.0 Å². The van der Waals surface area contributed by atoms with Gasteiger partial charge >= 0.3 is 0 Å². The van der Waals surface area contributed by atoms with Crippen LogP contribution in [0, 0.1) is 0 Å². The van der Waals surface area contributed by atoms with Crippen molar-refractivity contribution in [1.82, 2.24) is 9.97 Å². The van der Waals surface area contributed by atoms with Gasteiger partial charge in [0.05, 0.1) is 21.3 Å². The second-order valence-corrected chi connectivity index (χ2v) is 9.81. The summed E-state index contributed by atoms with van der Waals surface area (Å²) in [5, 5.41) is 0.825. The Labute approximate surface area is 187 Å². The highest BCUT2D eigenvalue weighted by atomic mass is 35.5. The molecule has 0 spiro atoms. The number of benzene rings is 3. The first-order valence-electron chi connectivity index (χ1n) is 9.18. The lowest BCUT2D eigenvalue weighted by Gasteiger charge is -2.05. The fourth-order valence-corrected chi connectivity index (χ4v) is 5.29. The fraction of sp³-hybridized carbons (Fsp3) is 0. The predicted molar refractivity (Wildman–Crippen MR) is 123 cm³/mol. The van der Waals surface area contributed by atoms with E-state index in [2.05, 4.69) is 14.7 Å². The van der Waals surface area contributed by atoms with Crippen LogP contribution in [0.5, 0.6) is 0 Å². The van der Waals surface area contributed by atoms with E-state index in [9.17, 15) is 8.42 Å². The molecular formula is C22H14ClN3O3S2. The minimum absolute atomic E-state index is 0.114. The zero-order valence-corrected chi connectivity index (χ0v) is 18.2. The van der Waals surface area contributed by atoms with E-state index < -0.39 is 10.0 Å². The molecule has 0 aliphatic heterocycles. The van der Waals surface area contributed by atoms with Gasteiger partial charge in [-0.3, -0.25) is 4.72 Å². The summed E-state index contributed by atoms with van der Waals surface area (Å²) in [5.41, 5.74) is 2.24. The van der Waals surface area contributed by atoms with Crippen molar-refractivity contribution in [2.45, 2.75) is 4.90 Å².